The average Bonchev–Trinajstić information content (AvgIpc) is 2.73. The number of piperazine rings is 1. The molecular formula is C20H23FN4O3. The van der Waals surface area contributed by atoms with Crippen molar-refractivity contribution in [3.8, 4) is 11.5 Å². The summed E-state index contributed by atoms with van der Waals surface area (Å²) in [6.07, 6.45) is 1.22. The number of fused-ring (bicyclic) bond motifs is 1. The van der Waals surface area contributed by atoms with Gasteiger partial charge < -0.3 is 19.3 Å². The number of hydrogen-bond acceptors (Lipinski definition) is 5. The number of nitrogens with zero attached hydrogens (tertiary/aromatic N) is 4. The molecule has 2 amide bonds. The van der Waals surface area contributed by atoms with E-state index in [0.717, 1.165) is 11.5 Å². The second-order valence-corrected chi connectivity index (χ2v) is 6.95. The first-order valence-electron chi connectivity index (χ1n) is 9.32. The smallest absolute Gasteiger partial charge is 0.325 e. The Morgan fingerprint density at radius 3 is 2.68 bits per heavy atom. The number of benzene rings is 1. The van der Waals surface area contributed by atoms with Gasteiger partial charge in [0.05, 0.1) is 25.0 Å². The summed E-state index contributed by atoms with van der Waals surface area (Å²) in [6.45, 7) is 4.87. The molecule has 2 aliphatic heterocycles. The number of amides is 2. The first-order valence-corrected chi connectivity index (χ1v) is 9.32. The molecule has 1 aromatic heterocycles. The van der Waals surface area contributed by atoms with E-state index >= 15 is 0 Å². The molecule has 7 nitrogen and oxygen atoms in total. The molecule has 28 heavy (non-hydrogen) atoms. The minimum atomic E-state index is -0.353. The van der Waals surface area contributed by atoms with E-state index in [9.17, 15) is 9.18 Å². The Labute approximate surface area is 163 Å². The first kappa shape index (κ1) is 18.3. The van der Waals surface area contributed by atoms with Crippen LogP contribution in [0.2, 0.25) is 0 Å². The molecule has 4 rings (SSSR count). The number of hydrogen-bond donors (Lipinski definition) is 0. The van der Waals surface area contributed by atoms with Crippen LogP contribution in [0.3, 0.4) is 0 Å². The van der Waals surface area contributed by atoms with Gasteiger partial charge in [-0.05, 0) is 31.2 Å². The van der Waals surface area contributed by atoms with Gasteiger partial charge in [-0.3, -0.25) is 4.90 Å². The fourth-order valence-corrected chi connectivity index (χ4v) is 3.58. The number of rotatable bonds is 2. The maximum atomic E-state index is 13.2. The number of carbonyl (C=O) groups is 1. The summed E-state index contributed by atoms with van der Waals surface area (Å²) in [5, 5.41) is 0. The van der Waals surface area contributed by atoms with Gasteiger partial charge in [-0.2, -0.15) is 0 Å². The maximum Gasteiger partial charge on any atom is 0.325 e. The topological polar surface area (TPSA) is 58.1 Å². The molecule has 1 aromatic carbocycles. The Morgan fingerprint density at radius 1 is 1.21 bits per heavy atom. The molecule has 0 radical (unpaired) electrons. The van der Waals surface area contributed by atoms with Gasteiger partial charge in [-0.1, -0.05) is 0 Å². The molecule has 3 heterocycles. The van der Waals surface area contributed by atoms with Crippen molar-refractivity contribution >= 4 is 17.5 Å². The van der Waals surface area contributed by atoms with Crippen molar-refractivity contribution in [3.05, 3.63) is 42.3 Å². The molecule has 1 atom stereocenters. The van der Waals surface area contributed by atoms with Gasteiger partial charge in [0, 0.05) is 32.2 Å². The third-order valence-corrected chi connectivity index (χ3v) is 5.14. The summed E-state index contributed by atoms with van der Waals surface area (Å²) in [6, 6.07) is 8.47. The molecule has 148 valence electrons. The molecule has 0 aliphatic carbocycles. The van der Waals surface area contributed by atoms with Crippen molar-refractivity contribution < 1.29 is 18.7 Å². The molecule has 1 fully saturated rings. The van der Waals surface area contributed by atoms with Crippen LogP contribution >= 0.6 is 0 Å². The fraction of sp³-hybridized carbons (Fsp3) is 0.400. The zero-order valence-electron chi connectivity index (χ0n) is 16.0. The van der Waals surface area contributed by atoms with Crippen molar-refractivity contribution in [1.29, 1.82) is 0 Å². The molecule has 0 bridgehead atoms. The highest BCUT2D eigenvalue weighted by Crippen LogP contribution is 2.37. The number of anilines is 2. The molecule has 0 spiro atoms. The lowest BCUT2D eigenvalue weighted by Gasteiger charge is -2.41. The Balaban J connectivity index is 1.47. The number of aromatic nitrogens is 1. The van der Waals surface area contributed by atoms with Gasteiger partial charge in [0.15, 0.2) is 0 Å². The highest BCUT2D eigenvalue weighted by molar-refractivity contribution is 5.95. The fourth-order valence-electron chi connectivity index (χ4n) is 3.58. The summed E-state index contributed by atoms with van der Waals surface area (Å²) >= 11 is 0. The third-order valence-electron chi connectivity index (χ3n) is 5.14. The van der Waals surface area contributed by atoms with Gasteiger partial charge in [-0.25, -0.2) is 14.2 Å². The van der Waals surface area contributed by atoms with Crippen LogP contribution in [-0.2, 0) is 0 Å². The van der Waals surface area contributed by atoms with E-state index < -0.39 is 0 Å². The van der Waals surface area contributed by atoms with Crippen molar-refractivity contribution in [2.45, 2.75) is 13.0 Å². The quantitative estimate of drug-likeness (QED) is 0.794. The summed E-state index contributed by atoms with van der Waals surface area (Å²) in [5.74, 6) is 1.72. The minimum absolute atomic E-state index is 0.0334. The lowest BCUT2D eigenvalue weighted by molar-refractivity contribution is 0.190. The minimum Gasteiger partial charge on any atom is -0.497 e. The highest BCUT2D eigenvalue weighted by Gasteiger charge is 2.34. The van der Waals surface area contributed by atoms with Crippen molar-refractivity contribution in [2.24, 2.45) is 0 Å². The Hall–Kier alpha value is -3.03. The number of pyridine rings is 1. The standard InChI is InChI=1S/C20H23FN4O3/c1-14-13-28-18-11-16(27-2)4-5-17(18)25(14)20(26)24-9-7-23(8-10-24)19-6-3-15(21)12-22-19/h3-6,11-12,14H,7-10,13H2,1-2H3/t14-/m0/s1. The monoisotopic (exact) mass is 386 g/mol. The normalized spacial score (nSPS) is 19.1. The van der Waals surface area contributed by atoms with E-state index in [2.05, 4.69) is 9.88 Å². The SMILES string of the molecule is COc1ccc2c(c1)OC[C@H](C)N2C(=O)N1CCN(c2ccc(F)cn2)CC1. The molecular weight excluding hydrogens is 363 g/mol. The Morgan fingerprint density at radius 2 is 2.00 bits per heavy atom. The van der Waals surface area contributed by atoms with Crippen LogP contribution in [0.1, 0.15) is 6.92 Å². The second kappa shape index (κ2) is 7.53. The molecule has 2 aliphatic rings. The predicted octanol–water partition coefficient (Wildman–Crippen LogP) is 2.76. The van der Waals surface area contributed by atoms with E-state index in [1.165, 1.54) is 12.3 Å². The van der Waals surface area contributed by atoms with Gasteiger partial charge in [0.2, 0.25) is 0 Å². The maximum absolute atomic E-state index is 13.2. The third kappa shape index (κ3) is 3.42. The van der Waals surface area contributed by atoms with Gasteiger partial charge >= 0.3 is 6.03 Å². The molecule has 8 heteroatoms. The molecule has 1 saturated heterocycles. The number of urea groups is 1. The van der Waals surface area contributed by atoms with E-state index in [-0.39, 0.29) is 17.9 Å². The first-order chi connectivity index (χ1) is 13.6. The van der Waals surface area contributed by atoms with Crippen LogP contribution in [-0.4, -0.2) is 61.9 Å². The van der Waals surface area contributed by atoms with Crippen LogP contribution in [0.15, 0.2) is 36.5 Å². The van der Waals surface area contributed by atoms with Gasteiger partial charge in [0.1, 0.15) is 29.7 Å². The second-order valence-electron chi connectivity index (χ2n) is 6.95. The summed E-state index contributed by atoms with van der Waals surface area (Å²) in [5.41, 5.74) is 0.757. The molecule has 0 unspecified atom stereocenters. The van der Waals surface area contributed by atoms with Crippen molar-refractivity contribution in [2.75, 3.05) is 49.7 Å². The van der Waals surface area contributed by atoms with E-state index in [4.69, 9.17) is 9.47 Å². The molecule has 0 N–H and O–H groups in total. The molecule has 2 aromatic rings. The summed E-state index contributed by atoms with van der Waals surface area (Å²) in [7, 11) is 1.60. The Kier molecular flexibility index (Phi) is 4.93. The summed E-state index contributed by atoms with van der Waals surface area (Å²) < 4.78 is 24.1. The van der Waals surface area contributed by atoms with E-state index in [1.54, 1.807) is 24.1 Å². The average molecular weight is 386 g/mol. The van der Waals surface area contributed by atoms with Crippen LogP contribution in [0, 0.1) is 5.82 Å². The van der Waals surface area contributed by atoms with Crippen molar-refractivity contribution in [1.82, 2.24) is 9.88 Å². The van der Waals surface area contributed by atoms with Crippen LogP contribution in [0.5, 0.6) is 11.5 Å². The highest BCUT2D eigenvalue weighted by atomic mass is 19.1. The summed E-state index contributed by atoms with van der Waals surface area (Å²) in [4.78, 5) is 23.1. The van der Waals surface area contributed by atoms with Gasteiger partial charge in [0.25, 0.3) is 0 Å². The van der Waals surface area contributed by atoms with Crippen LogP contribution in [0.25, 0.3) is 0 Å². The van der Waals surface area contributed by atoms with Crippen LogP contribution in [0.4, 0.5) is 20.7 Å². The number of carbonyl (C=O) groups excluding carboxylic acids is 1. The predicted molar refractivity (Wildman–Crippen MR) is 104 cm³/mol. The zero-order chi connectivity index (χ0) is 19.7. The van der Waals surface area contributed by atoms with Gasteiger partial charge in [-0.15, -0.1) is 0 Å². The van der Waals surface area contributed by atoms with E-state index in [1.807, 2.05) is 24.0 Å². The zero-order valence-corrected chi connectivity index (χ0v) is 16.0. The molecule has 0 saturated carbocycles. The van der Waals surface area contributed by atoms with Crippen molar-refractivity contribution in [3.63, 3.8) is 0 Å². The lowest BCUT2D eigenvalue weighted by Crippen LogP contribution is -2.56. The lowest BCUT2D eigenvalue weighted by atomic mass is 10.1. The van der Waals surface area contributed by atoms with Crippen LogP contribution < -0.4 is 19.3 Å². The Bertz CT molecular complexity index is 853. The van der Waals surface area contributed by atoms with E-state index in [0.29, 0.717) is 44.3 Å². The number of methoxy groups -OCH3 is 1. The number of ether oxygens (including phenoxy) is 2. The number of halogens is 1. The largest absolute Gasteiger partial charge is 0.497 e.